The maximum atomic E-state index is 12.9. The van der Waals surface area contributed by atoms with Crippen molar-refractivity contribution in [3.63, 3.8) is 0 Å². The minimum absolute atomic E-state index is 0.0194. The molecule has 1 N–H and O–H groups in total. The van der Waals surface area contributed by atoms with Gasteiger partial charge < -0.3 is 23.6 Å². The van der Waals surface area contributed by atoms with Crippen LogP contribution in [0.4, 0.5) is 5.69 Å². The largest absolute Gasteiger partial charge is 0.497 e. The van der Waals surface area contributed by atoms with E-state index < -0.39 is 20.3 Å². The molecular formula is C23H35NO5Si. The fourth-order valence-electron chi connectivity index (χ4n) is 3.12. The molecule has 0 amide bonds. The van der Waals surface area contributed by atoms with Crippen molar-refractivity contribution in [2.75, 3.05) is 19.5 Å². The number of anilines is 1. The number of furan rings is 1. The highest BCUT2D eigenvalue weighted by molar-refractivity contribution is 6.74. The highest BCUT2D eigenvalue weighted by atomic mass is 28.4. The van der Waals surface area contributed by atoms with E-state index in [0.29, 0.717) is 5.76 Å². The quantitative estimate of drug-likeness (QED) is 0.408. The van der Waals surface area contributed by atoms with Crippen molar-refractivity contribution in [3.8, 4) is 5.75 Å². The van der Waals surface area contributed by atoms with Gasteiger partial charge in [-0.3, -0.25) is 4.79 Å². The standard InChI is InChI=1S/C23H35NO5Si/c1-16(29-30(7,8)23(2,3)4)20(22(25)27-6)21(19-10-9-15-28-19)24-17-11-13-18(26-5)14-12-17/h9-16,20-21,24H,1-8H3/t16-,20-,21+/m1/s1. The summed E-state index contributed by atoms with van der Waals surface area (Å²) in [4.78, 5) is 12.9. The number of carbonyl (C=O) groups is 1. The predicted octanol–water partition coefficient (Wildman–Crippen LogP) is 5.64. The molecule has 6 nitrogen and oxygen atoms in total. The number of ether oxygens (including phenoxy) is 2. The molecule has 0 aliphatic rings. The van der Waals surface area contributed by atoms with E-state index in [1.54, 1.807) is 13.4 Å². The van der Waals surface area contributed by atoms with E-state index >= 15 is 0 Å². The van der Waals surface area contributed by atoms with Crippen LogP contribution >= 0.6 is 0 Å². The first kappa shape index (κ1) is 24.0. The molecule has 0 spiro atoms. The van der Waals surface area contributed by atoms with Crippen molar-refractivity contribution >= 4 is 20.0 Å². The Morgan fingerprint density at radius 3 is 2.20 bits per heavy atom. The van der Waals surface area contributed by atoms with Crippen LogP contribution in [0.2, 0.25) is 18.1 Å². The normalized spacial score (nSPS) is 15.2. The van der Waals surface area contributed by atoms with Crippen molar-refractivity contribution in [2.24, 2.45) is 5.92 Å². The molecule has 166 valence electrons. The van der Waals surface area contributed by atoms with Crippen LogP contribution in [0.25, 0.3) is 0 Å². The van der Waals surface area contributed by atoms with Gasteiger partial charge in [0.25, 0.3) is 0 Å². The van der Waals surface area contributed by atoms with Gasteiger partial charge in [-0.25, -0.2) is 0 Å². The van der Waals surface area contributed by atoms with Gasteiger partial charge in [-0.2, -0.15) is 0 Å². The van der Waals surface area contributed by atoms with Gasteiger partial charge in [0.15, 0.2) is 8.32 Å². The van der Waals surface area contributed by atoms with Gasteiger partial charge in [-0.1, -0.05) is 20.8 Å². The molecule has 0 radical (unpaired) electrons. The van der Waals surface area contributed by atoms with E-state index in [1.165, 1.54) is 7.11 Å². The number of benzene rings is 1. The summed E-state index contributed by atoms with van der Waals surface area (Å²) in [5, 5.41) is 3.46. The molecule has 0 unspecified atom stereocenters. The molecule has 0 fully saturated rings. The molecule has 3 atom stereocenters. The van der Waals surface area contributed by atoms with Crippen LogP contribution in [0.15, 0.2) is 47.1 Å². The summed E-state index contributed by atoms with van der Waals surface area (Å²) in [5.74, 6) is 0.460. The Morgan fingerprint density at radius 1 is 1.10 bits per heavy atom. The summed E-state index contributed by atoms with van der Waals surface area (Å²) in [6, 6.07) is 10.8. The Bertz CT molecular complexity index is 796. The molecule has 0 aliphatic heterocycles. The summed E-state index contributed by atoms with van der Waals surface area (Å²) >= 11 is 0. The average molecular weight is 434 g/mol. The maximum Gasteiger partial charge on any atom is 0.313 e. The lowest BCUT2D eigenvalue weighted by Gasteiger charge is -2.41. The smallest absolute Gasteiger partial charge is 0.313 e. The third-order valence-corrected chi connectivity index (χ3v) is 10.5. The van der Waals surface area contributed by atoms with Gasteiger partial charge >= 0.3 is 5.97 Å². The molecule has 0 saturated carbocycles. The fraction of sp³-hybridized carbons (Fsp3) is 0.522. The van der Waals surface area contributed by atoms with Crippen molar-refractivity contribution in [1.82, 2.24) is 0 Å². The van der Waals surface area contributed by atoms with E-state index in [1.807, 2.05) is 43.3 Å². The van der Waals surface area contributed by atoms with E-state index in [2.05, 4.69) is 39.2 Å². The monoisotopic (exact) mass is 433 g/mol. The summed E-state index contributed by atoms with van der Waals surface area (Å²) in [5.41, 5.74) is 0.839. The Kier molecular flexibility index (Phi) is 7.77. The van der Waals surface area contributed by atoms with E-state index in [0.717, 1.165) is 11.4 Å². The van der Waals surface area contributed by atoms with Crippen molar-refractivity contribution in [3.05, 3.63) is 48.4 Å². The van der Waals surface area contributed by atoms with Gasteiger partial charge in [0.2, 0.25) is 0 Å². The zero-order valence-corrected chi connectivity index (χ0v) is 20.3. The molecule has 2 aromatic rings. The second-order valence-electron chi connectivity index (χ2n) is 9.00. The lowest BCUT2D eigenvalue weighted by Crippen LogP contribution is -2.48. The zero-order chi connectivity index (χ0) is 22.5. The third-order valence-electron chi connectivity index (χ3n) is 5.89. The number of rotatable bonds is 9. The summed E-state index contributed by atoms with van der Waals surface area (Å²) in [6.45, 7) is 12.8. The first-order chi connectivity index (χ1) is 14.0. The van der Waals surface area contributed by atoms with Crippen LogP contribution in [0.5, 0.6) is 5.75 Å². The minimum atomic E-state index is -2.11. The topological polar surface area (TPSA) is 69.9 Å². The number of esters is 1. The number of carbonyl (C=O) groups excluding carboxylic acids is 1. The summed E-state index contributed by atoms with van der Waals surface area (Å²) in [7, 11) is 0.923. The highest BCUT2D eigenvalue weighted by Gasteiger charge is 2.44. The Hall–Kier alpha value is -2.25. The van der Waals surface area contributed by atoms with Crippen molar-refractivity contribution in [1.29, 1.82) is 0 Å². The van der Waals surface area contributed by atoms with E-state index in [4.69, 9.17) is 18.3 Å². The number of nitrogens with one attached hydrogen (secondary N) is 1. The molecule has 0 aliphatic carbocycles. The first-order valence-electron chi connectivity index (χ1n) is 10.2. The number of hydrogen-bond acceptors (Lipinski definition) is 6. The molecule has 1 aromatic heterocycles. The van der Waals surface area contributed by atoms with Gasteiger partial charge in [-0.05, 0) is 61.5 Å². The highest BCUT2D eigenvalue weighted by Crippen LogP contribution is 2.40. The third kappa shape index (κ3) is 5.67. The molecule has 7 heteroatoms. The summed E-state index contributed by atoms with van der Waals surface area (Å²) < 4.78 is 22.7. The van der Waals surface area contributed by atoms with Crippen LogP contribution in [0, 0.1) is 5.92 Å². The van der Waals surface area contributed by atoms with Crippen LogP contribution in [-0.4, -0.2) is 34.6 Å². The number of hydrogen-bond donors (Lipinski definition) is 1. The maximum absolute atomic E-state index is 12.9. The lowest BCUT2D eigenvalue weighted by molar-refractivity contribution is -0.149. The van der Waals surface area contributed by atoms with Gasteiger partial charge in [0, 0.05) is 5.69 Å². The Morgan fingerprint density at radius 2 is 1.73 bits per heavy atom. The molecule has 0 bridgehead atoms. The molecule has 2 rings (SSSR count). The molecule has 0 saturated heterocycles. The molecule has 30 heavy (non-hydrogen) atoms. The second-order valence-corrected chi connectivity index (χ2v) is 13.8. The molecule has 1 aromatic carbocycles. The van der Waals surface area contributed by atoms with Crippen molar-refractivity contribution < 1.29 is 23.1 Å². The van der Waals surface area contributed by atoms with Crippen LogP contribution in [0.1, 0.15) is 39.5 Å². The second kappa shape index (κ2) is 9.70. The van der Waals surface area contributed by atoms with E-state index in [-0.39, 0.29) is 17.1 Å². The van der Waals surface area contributed by atoms with Gasteiger partial charge in [-0.15, -0.1) is 0 Å². The Balaban J connectivity index is 2.40. The van der Waals surface area contributed by atoms with Gasteiger partial charge in [0.1, 0.15) is 23.5 Å². The zero-order valence-electron chi connectivity index (χ0n) is 19.3. The van der Waals surface area contributed by atoms with Crippen LogP contribution < -0.4 is 10.1 Å². The molecule has 1 heterocycles. The summed E-state index contributed by atoms with van der Waals surface area (Å²) in [6.07, 6.45) is 1.23. The SMILES string of the molecule is COC(=O)[C@H]([C@@H](C)O[Si](C)(C)C(C)(C)C)[C@@H](Nc1ccc(OC)cc1)c1ccco1. The van der Waals surface area contributed by atoms with E-state index in [9.17, 15) is 4.79 Å². The predicted molar refractivity (Wildman–Crippen MR) is 121 cm³/mol. The Labute approximate surface area is 181 Å². The van der Waals surface area contributed by atoms with Crippen LogP contribution in [0.3, 0.4) is 0 Å². The van der Waals surface area contributed by atoms with Crippen LogP contribution in [-0.2, 0) is 14.0 Å². The van der Waals surface area contributed by atoms with Crippen molar-refractivity contribution in [2.45, 2.75) is 58.0 Å². The average Bonchev–Trinajstić information content (AvgIpc) is 3.21. The first-order valence-corrected chi connectivity index (χ1v) is 13.1. The number of methoxy groups -OCH3 is 2. The van der Waals surface area contributed by atoms with Gasteiger partial charge in [0.05, 0.1) is 26.6 Å². The minimum Gasteiger partial charge on any atom is -0.497 e. The fourth-order valence-corrected chi connectivity index (χ4v) is 4.55. The molecular weight excluding hydrogens is 398 g/mol. The lowest BCUT2D eigenvalue weighted by atomic mass is 9.92.